The van der Waals surface area contributed by atoms with Crippen LogP contribution < -0.4 is 4.74 Å². The second kappa shape index (κ2) is 3.94. The molecule has 3 nitrogen and oxygen atoms in total. The predicted octanol–water partition coefficient (Wildman–Crippen LogP) is 3.03. The van der Waals surface area contributed by atoms with E-state index in [2.05, 4.69) is 27.8 Å². The van der Waals surface area contributed by atoms with Gasteiger partial charge in [0.2, 0.25) is 0 Å². The number of rotatable bonds is 2. The molecule has 0 amide bonds. The molecule has 0 aliphatic rings. The molecule has 0 aliphatic carbocycles. The van der Waals surface area contributed by atoms with Crippen LogP contribution in [0.3, 0.4) is 0 Å². The Morgan fingerprint density at radius 1 is 1.12 bits per heavy atom. The van der Waals surface area contributed by atoms with Gasteiger partial charge in [0.05, 0.1) is 30.7 Å². The highest BCUT2D eigenvalue weighted by Crippen LogP contribution is 2.21. The first-order valence-corrected chi connectivity index (χ1v) is 5.44. The van der Waals surface area contributed by atoms with Crippen molar-refractivity contribution in [1.29, 1.82) is 0 Å². The normalized spacial score (nSPS) is 10.6. The van der Waals surface area contributed by atoms with Gasteiger partial charge in [0, 0.05) is 12.3 Å². The maximum absolute atomic E-state index is 5.19. The molecule has 0 saturated carbocycles. The van der Waals surface area contributed by atoms with Gasteiger partial charge in [-0.2, -0.15) is 0 Å². The van der Waals surface area contributed by atoms with Crippen LogP contribution in [0.5, 0.6) is 5.75 Å². The van der Waals surface area contributed by atoms with Crippen LogP contribution in [0, 0.1) is 0 Å². The Kier molecular flexibility index (Phi) is 2.29. The van der Waals surface area contributed by atoms with Crippen molar-refractivity contribution in [1.82, 2.24) is 9.55 Å². The number of hydrogen-bond donors (Lipinski definition) is 0. The standard InChI is InChI=1S/C14H12N2O/c1-17-13-8-12(9-15-10-13)16-7-6-11-4-2-3-5-14(11)16/h2-10H,1H3. The third-order valence-corrected chi connectivity index (χ3v) is 2.81. The molecule has 1 aromatic carbocycles. The highest BCUT2D eigenvalue weighted by atomic mass is 16.5. The van der Waals surface area contributed by atoms with Crippen LogP contribution in [0.15, 0.2) is 55.0 Å². The Morgan fingerprint density at radius 2 is 2.00 bits per heavy atom. The second-order valence-corrected chi connectivity index (χ2v) is 3.83. The fraction of sp³-hybridized carbons (Fsp3) is 0.0714. The highest BCUT2D eigenvalue weighted by molar-refractivity contribution is 5.81. The maximum atomic E-state index is 5.19. The van der Waals surface area contributed by atoms with Gasteiger partial charge >= 0.3 is 0 Å². The summed E-state index contributed by atoms with van der Waals surface area (Å²) in [5.41, 5.74) is 2.17. The Labute approximate surface area is 99.3 Å². The summed E-state index contributed by atoms with van der Waals surface area (Å²) in [6, 6.07) is 12.3. The number of hydrogen-bond acceptors (Lipinski definition) is 2. The van der Waals surface area contributed by atoms with E-state index in [9.17, 15) is 0 Å². The topological polar surface area (TPSA) is 27.1 Å². The maximum Gasteiger partial charge on any atom is 0.139 e. The number of ether oxygens (including phenoxy) is 1. The van der Waals surface area contributed by atoms with Crippen LogP contribution in [-0.4, -0.2) is 16.7 Å². The van der Waals surface area contributed by atoms with Gasteiger partial charge in [0.25, 0.3) is 0 Å². The number of pyridine rings is 1. The van der Waals surface area contributed by atoms with Crippen LogP contribution in [0.1, 0.15) is 0 Å². The fourth-order valence-electron chi connectivity index (χ4n) is 1.96. The van der Waals surface area contributed by atoms with E-state index < -0.39 is 0 Å². The number of fused-ring (bicyclic) bond motifs is 1. The average molecular weight is 224 g/mol. The minimum atomic E-state index is 0.764. The Hall–Kier alpha value is -2.29. The van der Waals surface area contributed by atoms with Crippen molar-refractivity contribution < 1.29 is 4.74 Å². The minimum absolute atomic E-state index is 0.764. The molecule has 0 saturated heterocycles. The minimum Gasteiger partial charge on any atom is -0.495 e. The molecule has 0 fully saturated rings. The Bertz CT molecular complexity index is 658. The third kappa shape index (κ3) is 1.65. The molecule has 3 rings (SSSR count). The molecule has 0 radical (unpaired) electrons. The summed E-state index contributed by atoms with van der Waals surface area (Å²) in [7, 11) is 1.65. The van der Waals surface area contributed by atoms with E-state index in [1.165, 1.54) is 10.9 Å². The lowest BCUT2D eigenvalue weighted by molar-refractivity contribution is 0.412. The van der Waals surface area contributed by atoms with Crippen molar-refractivity contribution in [3.63, 3.8) is 0 Å². The summed E-state index contributed by atoms with van der Waals surface area (Å²) in [5.74, 6) is 0.764. The zero-order valence-corrected chi connectivity index (χ0v) is 9.50. The lowest BCUT2D eigenvalue weighted by atomic mass is 10.2. The van der Waals surface area contributed by atoms with E-state index in [-0.39, 0.29) is 0 Å². The predicted molar refractivity (Wildman–Crippen MR) is 67.6 cm³/mol. The molecule has 0 unspecified atom stereocenters. The summed E-state index contributed by atoms with van der Waals surface area (Å²) in [5, 5.41) is 1.22. The lowest BCUT2D eigenvalue weighted by Crippen LogP contribution is -1.94. The summed E-state index contributed by atoms with van der Waals surface area (Å²) in [6.45, 7) is 0. The lowest BCUT2D eigenvalue weighted by Gasteiger charge is -2.06. The molecule has 0 spiro atoms. The van der Waals surface area contributed by atoms with Gasteiger partial charge in [-0.25, -0.2) is 0 Å². The van der Waals surface area contributed by atoms with Crippen molar-refractivity contribution in [3.8, 4) is 11.4 Å². The SMILES string of the molecule is COc1cncc(-n2ccc3ccccc32)c1. The first-order valence-electron chi connectivity index (χ1n) is 5.44. The number of aromatic nitrogens is 2. The van der Waals surface area contributed by atoms with Gasteiger partial charge < -0.3 is 9.30 Å². The largest absolute Gasteiger partial charge is 0.495 e. The van der Waals surface area contributed by atoms with Crippen molar-refractivity contribution in [2.45, 2.75) is 0 Å². The molecule has 2 heterocycles. The van der Waals surface area contributed by atoms with Gasteiger partial charge in [0.15, 0.2) is 0 Å². The monoisotopic (exact) mass is 224 g/mol. The summed E-state index contributed by atoms with van der Waals surface area (Å²) < 4.78 is 7.29. The quantitative estimate of drug-likeness (QED) is 0.669. The Morgan fingerprint density at radius 3 is 2.88 bits per heavy atom. The third-order valence-electron chi connectivity index (χ3n) is 2.81. The first-order chi connectivity index (χ1) is 8.38. The van der Waals surface area contributed by atoms with Crippen LogP contribution in [0.2, 0.25) is 0 Å². The van der Waals surface area contributed by atoms with Crippen molar-refractivity contribution in [2.24, 2.45) is 0 Å². The molecule has 0 atom stereocenters. The smallest absolute Gasteiger partial charge is 0.139 e. The molecule has 2 aromatic heterocycles. The second-order valence-electron chi connectivity index (χ2n) is 3.83. The van der Waals surface area contributed by atoms with Crippen LogP contribution >= 0.6 is 0 Å². The number of benzene rings is 1. The van der Waals surface area contributed by atoms with Crippen molar-refractivity contribution in [3.05, 3.63) is 55.0 Å². The van der Waals surface area contributed by atoms with Crippen molar-refractivity contribution >= 4 is 10.9 Å². The van der Waals surface area contributed by atoms with E-state index in [4.69, 9.17) is 4.74 Å². The van der Waals surface area contributed by atoms with E-state index in [0.717, 1.165) is 11.4 Å². The van der Waals surface area contributed by atoms with Gasteiger partial charge in [-0.15, -0.1) is 0 Å². The molecule has 17 heavy (non-hydrogen) atoms. The number of para-hydroxylation sites is 1. The van der Waals surface area contributed by atoms with Crippen LogP contribution in [0.4, 0.5) is 0 Å². The average Bonchev–Trinajstić information content (AvgIpc) is 2.82. The molecular weight excluding hydrogens is 212 g/mol. The fourth-order valence-corrected chi connectivity index (χ4v) is 1.96. The molecule has 3 heteroatoms. The first kappa shape index (κ1) is 9.90. The van der Waals surface area contributed by atoms with Gasteiger partial charge in [-0.1, -0.05) is 18.2 Å². The van der Waals surface area contributed by atoms with E-state index >= 15 is 0 Å². The van der Waals surface area contributed by atoms with E-state index in [0.29, 0.717) is 0 Å². The molecule has 0 aliphatic heterocycles. The van der Waals surface area contributed by atoms with Gasteiger partial charge in [-0.05, 0) is 17.5 Å². The van der Waals surface area contributed by atoms with Gasteiger partial charge in [-0.3, -0.25) is 4.98 Å². The van der Waals surface area contributed by atoms with Crippen molar-refractivity contribution in [2.75, 3.05) is 7.11 Å². The summed E-state index contributed by atoms with van der Waals surface area (Å²) in [6.07, 6.45) is 5.57. The van der Waals surface area contributed by atoms with Gasteiger partial charge in [0.1, 0.15) is 5.75 Å². The zero-order chi connectivity index (χ0) is 11.7. The number of nitrogens with zero attached hydrogens (tertiary/aromatic N) is 2. The summed E-state index contributed by atoms with van der Waals surface area (Å²) >= 11 is 0. The van der Waals surface area contributed by atoms with Crippen LogP contribution in [0.25, 0.3) is 16.6 Å². The molecule has 84 valence electrons. The Balaban J connectivity index is 2.20. The summed E-state index contributed by atoms with van der Waals surface area (Å²) in [4.78, 5) is 4.17. The zero-order valence-electron chi connectivity index (χ0n) is 9.50. The molecular formula is C14H12N2O. The van der Waals surface area contributed by atoms with Crippen LogP contribution in [-0.2, 0) is 0 Å². The molecule has 0 bridgehead atoms. The van der Waals surface area contributed by atoms with E-state index in [1.807, 2.05) is 30.6 Å². The highest BCUT2D eigenvalue weighted by Gasteiger charge is 2.03. The molecule has 3 aromatic rings. The number of methoxy groups -OCH3 is 1. The van der Waals surface area contributed by atoms with E-state index in [1.54, 1.807) is 13.3 Å². The molecule has 0 N–H and O–H groups in total.